The maximum absolute atomic E-state index is 10.7. The summed E-state index contributed by atoms with van der Waals surface area (Å²) in [4.78, 5) is 0. The van der Waals surface area contributed by atoms with E-state index in [1.54, 1.807) is 0 Å². The first-order chi connectivity index (χ1) is 11.9. The lowest BCUT2D eigenvalue weighted by Crippen LogP contribution is -2.23. The molecule has 1 aliphatic carbocycles. The Morgan fingerprint density at radius 3 is 2.64 bits per heavy atom. The molecule has 0 bridgehead atoms. The number of aliphatic hydroxyl groups is 1. The minimum Gasteiger partial charge on any atom is -0.507 e. The summed E-state index contributed by atoms with van der Waals surface area (Å²) in [5, 5.41) is 34.0. The highest BCUT2D eigenvalue weighted by Crippen LogP contribution is 2.52. The fourth-order valence-corrected chi connectivity index (χ4v) is 4.49. The lowest BCUT2D eigenvalue weighted by Gasteiger charge is -2.36. The van der Waals surface area contributed by atoms with Crippen LogP contribution in [0.5, 0.6) is 11.5 Å². The molecule has 1 aromatic carbocycles. The van der Waals surface area contributed by atoms with E-state index in [0.29, 0.717) is 6.42 Å². The molecule has 2 aliphatic rings. The van der Waals surface area contributed by atoms with Crippen molar-refractivity contribution >= 4 is 5.69 Å². The van der Waals surface area contributed by atoms with E-state index in [0.717, 1.165) is 48.2 Å². The minimum atomic E-state index is 0.0565. The number of hydrogen-bond donors (Lipinski definition) is 4. The molecule has 0 fully saturated rings. The standard InChI is InChI=1S/C21H29NO3/c1-12(2)15-5-4-13(3)10-16(15)20-18(25)11-17(24)19-14(7-9-23)6-8-22-21(19)20/h10-11,14-16,22-25H,1,4-9H2,2-3H3/t14-,15-,16+/m0/s1. The average Bonchev–Trinajstić information content (AvgIpc) is 2.54. The van der Waals surface area contributed by atoms with Gasteiger partial charge in [0, 0.05) is 42.0 Å². The van der Waals surface area contributed by atoms with Gasteiger partial charge in [-0.3, -0.25) is 0 Å². The second-order valence-corrected chi connectivity index (χ2v) is 7.57. The van der Waals surface area contributed by atoms with Gasteiger partial charge in [0.2, 0.25) is 0 Å². The summed E-state index contributed by atoms with van der Waals surface area (Å²) >= 11 is 0. The predicted octanol–water partition coefficient (Wildman–Crippen LogP) is 4.40. The molecule has 136 valence electrons. The molecule has 0 radical (unpaired) electrons. The molecule has 0 amide bonds. The number of aliphatic hydroxyl groups excluding tert-OH is 1. The third kappa shape index (κ3) is 3.28. The Kier molecular flexibility index (Phi) is 5.09. The Labute approximate surface area is 149 Å². The molecule has 0 spiro atoms. The van der Waals surface area contributed by atoms with Crippen LogP contribution in [0.3, 0.4) is 0 Å². The largest absolute Gasteiger partial charge is 0.507 e. The highest BCUT2D eigenvalue weighted by Gasteiger charge is 2.34. The maximum Gasteiger partial charge on any atom is 0.125 e. The first-order valence-electron chi connectivity index (χ1n) is 9.20. The normalized spacial score (nSPS) is 25.7. The lowest BCUT2D eigenvalue weighted by atomic mass is 9.72. The van der Waals surface area contributed by atoms with Crippen LogP contribution < -0.4 is 5.32 Å². The monoisotopic (exact) mass is 343 g/mol. The van der Waals surface area contributed by atoms with E-state index in [4.69, 9.17) is 0 Å². The first-order valence-corrected chi connectivity index (χ1v) is 9.20. The van der Waals surface area contributed by atoms with E-state index in [9.17, 15) is 15.3 Å². The van der Waals surface area contributed by atoms with Crippen LogP contribution in [-0.2, 0) is 0 Å². The number of benzene rings is 1. The third-order valence-electron chi connectivity index (χ3n) is 5.76. The van der Waals surface area contributed by atoms with Crippen LogP contribution in [0, 0.1) is 5.92 Å². The minimum absolute atomic E-state index is 0.0565. The molecule has 0 saturated carbocycles. The number of rotatable bonds is 4. The summed E-state index contributed by atoms with van der Waals surface area (Å²) in [6.45, 7) is 9.23. The van der Waals surface area contributed by atoms with Gasteiger partial charge in [0.25, 0.3) is 0 Å². The van der Waals surface area contributed by atoms with Crippen LogP contribution in [-0.4, -0.2) is 28.5 Å². The predicted molar refractivity (Wildman–Crippen MR) is 101 cm³/mol. The summed E-state index contributed by atoms with van der Waals surface area (Å²) in [7, 11) is 0. The molecule has 1 heterocycles. The van der Waals surface area contributed by atoms with Gasteiger partial charge in [-0.2, -0.15) is 0 Å². The van der Waals surface area contributed by atoms with Crippen LogP contribution in [0.25, 0.3) is 0 Å². The van der Waals surface area contributed by atoms with Gasteiger partial charge in [0.15, 0.2) is 0 Å². The molecule has 1 aromatic rings. The van der Waals surface area contributed by atoms with E-state index in [-0.39, 0.29) is 35.9 Å². The van der Waals surface area contributed by atoms with Crippen molar-refractivity contribution in [3.63, 3.8) is 0 Å². The van der Waals surface area contributed by atoms with E-state index in [1.165, 1.54) is 11.6 Å². The number of hydrogen-bond acceptors (Lipinski definition) is 4. The van der Waals surface area contributed by atoms with Gasteiger partial charge in [0.05, 0.1) is 0 Å². The molecule has 3 rings (SSSR count). The van der Waals surface area contributed by atoms with Crippen molar-refractivity contribution in [3.05, 3.63) is 41.0 Å². The van der Waals surface area contributed by atoms with Crippen molar-refractivity contribution in [2.75, 3.05) is 18.5 Å². The fourth-order valence-electron chi connectivity index (χ4n) is 4.49. The van der Waals surface area contributed by atoms with Crippen LogP contribution >= 0.6 is 0 Å². The first kappa shape index (κ1) is 17.9. The van der Waals surface area contributed by atoms with Crippen molar-refractivity contribution in [2.45, 2.75) is 51.4 Å². The van der Waals surface area contributed by atoms with Crippen molar-refractivity contribution < 1.29 is 15.3 Å². The summed E-state index contributed by atoms with van der Waals surface area (Å²) in [6.07, 6.45) is 5.81. The zero-order valence-corrected chi connectivity index (χ0v) is 15.2. The van der Waals surface area contributed by atoms with Crippen LogP contribution in [0.15, 0.2) is 29.9 Å². The van der Waals surface area contributed by atoms with E-state index >= 15 is 0 Å². The van der Waals surface area contributed by atoms with Crippen molar-refractivity contribution in [1.29, 1.82) is 0 Å². The van der Waals surface area contributed by atoms with Gasteiger partial charge in [-0.1, -0.05) is 23.8 Å². The fraction of sp³-hybridized carbons (Fsp3) is 0.524. The molecule has 0 unspecified atom stereocenters. The highest BCUT2D eigenvalue weighted by atomic mass is 16.3. The second-order valence-electron chi connectivity index (χ2n) is 7.57. The quantitative estimate of drug-likeness (QED) is 0.612. The number of fused-ring (bicyclic) bond motifs is 1. The number of phenols is 2. The van der Waals surface area contributed by atoms with E-state index in [1.807, 2.05) is 0 Å². The molecule has 4 N–H and O–H groups in total. The Morgan fingerprint density at radius 1 is 1.24 bits per heavy atom. The van der Waals surface area contributed by atoms with Crippen molar-refractivity contribution in [1.82, 2.24) is 0 Å². The summed E-state index contributed by atoms with van der Waals surface area (Å²) in [5.74, 6) is 0.697. The SMILES string of the molecule is C=C(C)[C@@H]1CCC(C)=C[C@H]1c1c(O)cc(O)c2c1NCC[C@H]2CCO. The smallest absolute Gasteiger partial charge is 0.125 e. The number of aromatic hydroxyl groups is 2. The Morgan fingerprint density at radius 2 is 1.96 bits per heavy atom. The Balaban J connectivity index is 2.17. The van der Waals surface area contributed by atoms with Crippen molar-refractivity contribution in [2.24, 2.45) is 5.92 Å². The maximum atomic E-state index is 10.7. The van der Waals surface area contributed by atoms with Crippen LogP contribution in [0.2, 0.25) is 0 Å². The number of allylic oxidation sites excluding steroid dienone is 3. The number of nitrogens with one attached hydrogen (secondary N) is 1. The molecule has 1 aliphatic heterocycles. The number of phenolic OH excluding ortho intramolecular Hbond substituents is 2. The lowest BCUT2D eigenvalue weighted by molar-refractivity contribution is 0.271. The van der Waals surface area contributed by atoms with Gasteiger partial charge in [-0.05, 0) is 51.4 Å². The molecular formula is C21H29NO3. The summed E-state index contributed by atoms with van der Waals surface area (Å²) < 4.78 is 0. The summed E-state index contributed by atoms with van der Waals surface area (Å²) in [6, 6.07) is 1.47. The van der Waals surface area contributed by atoms with Gasteiger partial charge in [0.1, 0.15) is 11.5 Å². The average molecular weight is 343 g/mol. The molecular weight excluding hydrogens is 314 g/mol. The van der Waals surface area contributed by atoms with E-state index < -0.39 is 0 Å². The van der Waals surface area contributed by atoms with Crippen LogP contribution in [0.4, 0.5) is 5.69 Å². The molecule has 0 saturated heterocycles. The molecule has 4 heteroatoms. The zero-order chi connectivity index (χ0) is 18.1. The molecule has 4 nitrogen and oxygen atoms in total. The van der Waals surface area contributed by atoms with Gasteiger partial charge >= 0.3 is 0 Å². The van der Waals surface area contributed by atoms with E-state index in [2.05, 4.69) is 31.8 Å². The highest BCUT2D eigenvalue weighted by molar-refractivity contribution is 5.71. The van der Waals surface area contributed by atoms with Gasteiger partial charge in [-0.15, -0.1) is 0 Å². The Bertz CT molecular complexity index is 708. The van der Waals surface area contributed by atoms with Gasteiger partial charge in [-0.25, -0.2) is 0 Å². The second kappa shape index (κ2) is 7.12. The summed E-state index contributed by atoms with van der Waals surface area (Å²) in [5.41, 5.74) is 5.00. The molecule has 0 aromatic heterocycles. The van der Waals surface area contributed by atoms with Crippen molar-refractivity contribution in [3.8, 4) is 11.5 Å². The third-order valence-corrected chi connectivity index (χ3v) is 5.76. The topological polar surface area (TPSA) is 72.7 Å². The number of anilines is 1. The zero-order valence-electron chi connectivity index (χ0n) is 15.2. The molecule has 25 heavy (non-hydrogen) atoms. The Hall–Kier alpha value is -1.94. The van der Waals surface area contributed by atoms with Gasteiger partial charge < -0.3 is 20.6 Å². The van der Waals surface area contributed by atoms with Crippen LogP contribution in [0.1, 0.15) is 62.5 Å². The molecule has 3 atom stereocenters.